The summed E-state index contributed by atoms with van der Waals surface area (Å²) in [5, 5.41) is 9.29. The summed E-state index contributed by atoms with van der Waals surface area (Å²) >= 11 is 0. The zero-order valence-corrected chi connectivity index (χ0v) is 17.4. The number of nitrogens with one attached hydrogen (secondary N) is 1. The molecule has 0 spiro atoms. The fourth-order valence-corrected chi connectivity index (χ4v) is 6.54. The highest BCUT2D eigenvalue weighted by Gasteiger charge is 2.47. The minimum absolute atomic E-state index is 0.0404. The van der Waals surface area contributed by atoms with E-state index in [1.807, 2.05) is 36.4 Å². The fourth-order valence-electron chi connectivity index (χ4n) is 4.75. The standard InChI is InChI=1S/C23H25N3O2S/c1-15-11-23-22(14-29(27,28)26-23)20(16(15)2)10-9-19-8-7-18(13-25-19)21-6-4-3-5-17(21)12-24/h3-10,13,15-16,20,22-23,26H,11,14H2,1-2H3/b10-9+/t15-,16+,20-,22-,23+/m0/s1. The molecular formula is C23H25N3O2S. The first-order valence-corrected chi connectivity index (χ1v) is 11.7. The van der Waals surface area contributed by atoms with Gasteiger partial charge >= 0.3 is 0 Å². The summed E-state index contributed by atoms with van der Waals surface area (Å²) in [5.74, 6) is 1.41. The maximum Gasteiger partial charge on any atom is 0.212 e. The minimum Gasteiger partial charge on any atom is -0.256 e. The Morgan fingerprint density at radius 1 is 1.21 bits per heavy atom. The predicted octanol–water partition coefficient (Wildman–Crippen LogP) is 3.84. The highest BCUT2D eigenvalue weighted by atomic mass is 32.2. The van der Waals surface area contributed by atoms with Gasteiger partial charge in [0, 0.05) is 23.4 Å². The molecule has 0 amide bonds. The molecule has 0 unspecified atom stereocenters. The third kappa shape index (κ3) is 3.98. The smallest absolute Gasteiger partial charge is 0.212 e. The molecule has 1 aromatic carbocycles. The number of aromatic nitrogens is 1. The van der Waals surface area contributed by atoms with Gasteiger partial charge < -0.3 is 0 Å². The van der Waals surface area contributed by atoms with Crippen molar-refractivity contribution in [3.8, 4) is 17.2 Å². The lowest BCUT2D eigenvalue weighted by Crippen LogP contribution is -2.42. The SMILES string of the molecule is C[C@H]1[C@H](/C=C/c2ccc(-c3ccccc3C#N)cn2)[C@@H]2CS(=O)(=O)N[C@@H]2C[C@@H]1C. The van der Waals surface area contributed by atoms with Crippen molar-refractivity contribution in [3.05, 3.63) is 59.9 Å². The van der Waals surface area contributed by atoms with Crippen LogP contribution in [0.3, 0.4) is 0 Å². The second kappa shape index (κ2) is 7.74. The molecule has 2 aromatic rings. The molecule has 1 aliphatic carbocycles. The second-order valence-electron chi connectivity index (χ2n) is 8.31. The van der Waals surface area contributed by atoms with E-state index in [1.165, 1.54) is 0 Å². The van der Waals surface area contributed by atoms with Crippen LogP contribution < -0.4 is 4.72 Å². The third-order valence-electron chi connectivity index (χ3n) is 6.52. The Hall–Kier alpha value is -2.49. The Labute approximate surface area is 172 Å². The van der Waals surface area contributed by atoms with Gasteiger partial charge in [0.25, 0.3) is 0 Å². The van der Waals surface area contributed by atoms with Gasteiger partial charge in [0.15, 0.2) is 0 Å². The average molecular weight is 408 g/mol. The lowest BCUT2D eigenvalue weighted by atomic mass is 9.66. The fraction of sp³-hybridized carbons (Fsp3) is 0.391. The van der Waals surface area contributed by atoms with Crippen molar-refractivity contribution < 1.29 is 8.42 Å². The van der Waals surface area contributed by atoms with Gasteiger partial charge in [-0.3, -0.25) is 4.98 Å². The quantitative estimate of drug-likeness (QED) is 0.838. The maximum atomic E-state index is 12.1. The van der Waals surface area contributed by atoms with Crippen molar-refractivity contribution in [2.45, 2.75) is 26.3 Å². The number of pyridine rings is 1. The maximum absolute atomic E-state index is 12.1. The average Bonchev–Trinajstić information content (AvgIpc) is 3.02. The zero-order chi connectivity index (χ0) is 20.6. The number of benzene rings is 1. The highest BCUT2D eigenvalue weighted by molar-refractivity contribution is 7.89. The Balaban J connectivity index is 1.56. The van der Waals surface area contributed by atoms with E-state index in [2.05, 4.69) is 35.7 Å². The minimum atomic E-state index is -3.16. The summed E-state index contributed by atoms with van der Waals surface area (Å²) in [4.78, 5) is 4.54. The summed E-state index contributed by atoms with van der Waals surface area (Å²) in [5.41, 5.74) is 3.24. The first kappa shape index (κ1) is 19.8. The number of fused-ring (bicyclic) bond motifs is 1. The van der Waals surface area contributed by atoms with E-state index < -0.39 is 10.0 Å². The van der Waals surface area contributed by atoms with Gasteiger partial charge in [-0.05, 0) is 48.3 Å². The van der Waals surface area contributed by atoms with E-state index in [0.717, 1.165) is 23.2 Å². The van der Waals surface area contributed by atoms with Crippen LogP contribution in [-0.4, -0.2) is 25.2 Å². The molecule has 0 radical (unpaired) electrons. The number of allylic oxidation sites excluding steroid dienone is 1. The summed E-state index contributed by atoms with van der Waals surface area (Å²) in [6.07, 6.45) is 6.83. The lowest BCUT2D eigenvalue weighted by Gasteiger charge is -2.40. The summed E-state index contributed by atoms with van der Waals surface area (Å²) in [6, 6.07) is 13.7. The number of hydrogen-bond acceptors (Lipinski definition) is 4. The summed E-state index contributed by atoms with van der Waals surface area (Å²) in [7, 11) is -3.16. The molecule has 0 bridgehead atoms. The van der Waals surface area contributed by atoms with Gasteiger partial charge in [-0.2, -0.15) is 5.26 Å². The molecule has 4 rings (SSSR count). The molecule has 2 fully saturated rings. The Bertz CT molecular complexity index is 1070. The Kier molecular flexibility index (Phi) is 5.28. The zero-order valence-electron chi connectivity index (χ0n) is 16.6. The highest BCUT2D eigenvalue weighted by Crippen LogP contribution is 2.43. The van der Waals surface area contributed by atoms with Crippen molar-refractivity contribution in [1.82, 2.24) is 9.71 Å². The van der Waals surface area contributed by atoms with Crippen molar-refractivity contribution in [1.29, 1.82) is 5.26 Å². The third-order valence-corrected chi connectivity index (χ3v) is 8.00. The van der Waals surface area contributed by atoms with Crippen molar-refractivity contribution in [3.63, 3.8) is 0 Å². The number of nitriles is 1. The van der Waals surface area contributed by atoms with E-state index in [-0.39, 0.29) is 23.6 Å². The van der Waals surface area contributed by atoms with Crippen molar-refractivity contribution >= 4 is 16.1 Å². The number of nitrogens with zero attached hydrogens (tertiary/aromatic N) is 2. The molecule has 29 heavy (non-hydrogen) atoms. The molecule has 1 saturated carbocycles. The number of hydrogen-bond donors (Lipinski definition) is 1. The van der Waals surface area contributed by atoms with Crippen LogP contribution >= 0.6 is 0 Å². The number of sulfonamides is 1. The van der Waals surface area contributed by atoms with E-state index in [4.69, 9.17) is 0 Å². The molecule has 5 atom stereocenters. The van der Waals surface area contributed by atoms with Crippen LogP contribution in [0.4, 0.5) is 0 Å². The molecule has 5 nitrogen and oxygen atoms in total. The molecule has 1 aliphatic heterocycles. The van der Waals surface area contributed by atoms with E-state index in [9.17, 15) is 13.7 Å². The largest absolute Gasteiger partial charge is 0.256 e. The van der Waals surface area contributed by atoms with Gasteiger partial charge in [0.1, 0.15) is 0 Å². The van der Waals surface area contributed by atoms with Crippen LogP contribution in [0, 0.1) is 35.0 Å². The van der Waals surface area contributed by atoms with E-state index >= 15 is 0 Å². The van der Waals surface area contributed by atoms with Gasteiger partial charge in [0.05, 0.1) is 23.1 Å². The van der Waals surface area contributed by atoms with Crippen molar-refractivity contribution in [2.75, 3.05) is 5.75 Å². The van der Waals surface area contributed by atoms with Crippen LogP contribution in [0.5, 0.6) is 0 Å². The van der Waals surface area contributed by atoms with Crippen LogP contribution in [0.15, 0.2) is 48.7 Å². The summed E-state index contributed by atoms with van der Waals surface area (Å²) < 4.78 is 27.0. The van der Waals surface area contributed by atoms with Gasteiger partial charge in [-0.1, -0.05) is 44.2 Å². The van der Waals surface area contributed by atoms with Crippen LogP contribution in [-0.2, 0) is 10.0 Å². The molecule has 1 N–H and O–H groups in total. The summed E-state index contributed by atoms with van der Waals surface area (Å²) in [6.45, 7) is 4.42. The van der Waals surface area contributed by atoms with E-state index in [0.29, 0.717) is 17.4 Å². The predicted molar refractivity (Wildman–Crippen MR) is 114 cm³/mol. The Morgan fingerprint density at radius 2 is 2.00 bits per heavy atom. The van der Waals surface area contributed by atoms with Crippen molar-refractivity contribution in [2.24, 2.45) is 23.7 Å². The van der Waals surface area contributed by atoms with Crippen LogP contribution in [0.25, 0.3) is 17.2 Å². The monoisotopic (exact) mass is 407 g/mol. The first-order chi connectivity index (χ1) is 13.9. The molecule has 1 aromatic heterocycles. The Morgan fingerprint density at radius 3 is 2.72 bits per heavy atom. The molecule has 1 saturated heterocycles. The molecular weight excluding hydrogens is 382 g/mol. The molecule has 2 aliphatic rings. The number of rotatable bonds is 3. The first-order valence-electron chi connectivity index (χ1n) is 10.0. The topological polar surface area (TPSA) is 82.8 Å². The van der Waals surface area contributed by atoms with Crippen LogP contribution in [0.2, 0.25) is 0 Å². The molecule has 2 heterocycles. The molecule has 150 valence electrons. The van der Waals surface area contributed by atoms with Gasteiger partial charge in [0.2, 0.25) is 10.0 Å². The lowest BCUT2D eigenvalue weighted by molar-refractivity contribution is 0.140. The normalized spacial score (nSPS) is 30.7. The van der Waals surface area contributed by atoms with Gasteiger partial charge in [-0.25, -0.2) is 13.1 Å². The second-order valence-corrected chi connectivity index (χ2v) is 10.1. The molecule has 6 heteroatoms. The van der Waals surface area contributed by atoms with Crippen LogP contribution in [0.1, 0.15) is 31.5 Å². The van der Waals surface area contributed by atoms with Gasteiger partial charge in [-0.15, -0.1) is 0 Å². The van der Waals surface area contributed by atoms with E-state index in [1.54, 1.807) is 12.3 Å².